The average molecular weight is 274 g/mol. The van der Waals surface area contributed by atoms with Crippen molar-refractivity contribution in [3.8, 4) is 5.75 Å². The molecular weight excluding hydrogens is 255 g/mol. The summed E-state index contributed by atoms with van der Waals surface area (Å²) in [5, 5.41) is 3.25. The first-order chi connectivity index (χ1) is 9.69. The Morgan fingerprint density at radius 2 is 1.90 bits per heavy atom. The summed E-state index contributed by atoms with van der Waals surface area (Å²) in [6.07, 6.45) is 0. The molecule has 2 aromatic rings. The highest BCUT2D eigenvalue weighted by molar-refractivity contribution is 5.29. The van der Waals surface area contributed by atoms with Crippen LogP contribution < -0.4 is 10.1 Å². The molecule has 0 radical (unpaired) electrons. The topological polar surface area (TPSA) is 34.2 Å². The number of nitrogens with one attached hydrogen (secondary N) is 1. The molecule has 2 rings (SSSR count). The van der Waals surface area contributed by atoms with Gasteiger partial charge in [0.15, 0.2) is 0 Å². The van der Waals surface area contributed by atoms with Crippen molar-refractivity contribution < 1.29 is 9.13 Å². The smallest absolute Gasteiger partial charge is 0.142 e. The fourth-order valence-corrected chi connectivity index (χ4v) is 1.84. The Kier molecular flexibility index (Phi) is 5.07. The average Bonchev–Trinajstić information content (AvgIpc) is 2.46. The van der Waals surface area contributed by atoms with Gasteiger partial charge in [0.25, 0.3) is 0 Å². The van der Waals surface area contributed by atoms with Gasteiger partial charge in [-0.1, -0.05) is 19.1 Å². The molecule has 0 spiro atoms. The van der Waals surface area contributed by atoms with Gasteiger partial charge in [0.1, 0.15) is 18.2 Å². The second kappa shape index (κ2) is 7.01. The first kappa shape index (κ1) is 14.5. The van der Waals surface area contributed by atoms with Crippen LogP contribution in [0.1, 0.15) is 23.9 Å². The van der Waals surface area contributed by atoms with E-state index in [0.29, 0.717) is 13.2 Å². The number of halogens is 1. The van der Waals surface area contributed by atoms with Gasteiger partial charge in [0, 0.05) is 12.2 Å². The lowest BCUT2D eigenvalue weighted by Gasteiger charge is -2.12. The largest absolute Gasteiger partial charge is 0.487 e. The van der Waals surface area contributed by atoms with E-state index in [1.54, 1.807) is 12.1 Å². The SMILES string of the molecule is CCNCc1nc(C)ccc1OCc1ccc(F)cc1. The molecule has 20 heavy (non-hydrogen) atoms. The molecule has 3 nitrogen and oxygen atoms in total. The van der Waals surface area contributed by atoms with Crippen LogP contribution in [0.4, 0.5) is 4.39 Å². The van der Waals surface area contributed by atoms with E-state index in [4.69, 9.17) is 4.74 Å². The van der Waals surface area contributed by atoms with E-state index in [1.165, 1.54) is 12.1 Å². The van der Waals surface area contributed by atoms with E-state index in [1.807, 2.05) is 19.1 Å². The Labute approximate surface area is 118 Å². The molecule has 0 aliphatic heterocycles. The fourth-order valence-electron chi connectivity index (χ4n) is 1.84. The van der Waals surface area contributed by atoms with Crippen LogP contribution in [0, 0.1) is 12.7 Å². The van der Waals surface area contributed by atoms with Gasteiger partial charge >= 0.3 is 0 Å². The summed E-state index contributed by atoms with van der Waals surface area (Å²) in [6, 6.07) is 10.2. The Bertz CT molecular complexity index is 555. The lowest BCUT2D eigenvalue weighted by molar-refractivity contribution is 0.300. The zero-order valence-corrected chi connectivity index (χ0v) is 11.8. The second-order valence-corrected chi connectivity index (χ2v) is 4.59. The predicted octanol–water partition coefficient (Wildman–Crippen LogP) is 3.22. The maximum Gasteiger partial charge on any atom is 0.142 e. The Morgan fingerprint density at radius 1 is 1.15 bits per heavy atom. The quantitative estimate of drug-likeness (QED) is 0.878. The Balaban J connectivity index is 2.06. The van der Waals surface area contributed by atoms with E-state index in [2.05, 4.69) is 17.2 Å². The third kappa shape index (κ3) is 4.03. The maximum atomic E-state index is 12.8. The van der Waals surface area contributed by atoms with Crippen LogP contribution in [0.25, 0.3) is 0 Å². The van der Waals surface area contributed by atoms with Crippen molar-refractivity contribution in [1.29, 1.82) is 0 Å². The fraction of sp³-hybridized carbons (Fsp3) is 0.312. The van der Waals surface area contributed by atoms with Crippen molar-refractivity contribution in [1.82, 2.24) is 10.3 Å². The summed E-state index contributed by atoms with van der Waals surface area (Å²) in [5.41, 5.74) is 2.79. The van der Waals surface area contributed by atoms with Gasteiger partial charge in [-0.2, -0.15) is 0 Å². The number of hydrogen-bond acceptors (Lipinski definition) is 3. The molecular formula is C16H19FN2O. The summed E-state index contributed by atoms with van der Waals surface area (Å²) < 4.78 is 18.6. The minimum Gasteiger partial charge on any atom is -0.487 e. The van der Waals surface area contributed by atoms with E-state index >= 15 is 0 Å². The number of aryl methyl sites for hydroxylation is 1. The number of rotatable bonds is 6. The van der Waals surface area contributed by atoms with E-state index < -0.39 is 0 Å². The van der Waals surface area contributed by atoms with Crippen molar-refractivity contribution in [3.63, 3.8) is 0 Å². The van der Waals surface area contributed by atoms with E-state index in [-0.39, 0.29) is 5.82 Å². The van der Waals surface area contributed by atoms with Crippen molar-refractivity contribution in [2.45, 2.75) is 27.0 Å². The number of nitrogens with zero attached hydrogens (tertiary/aromatic N) is 1. The van der Waals surface area contributed by atoms with Crippen molar-refractivity contribution in [2.75, 3.05) is 6.54 Å². The van der Waals surface area contributed by atoms with Crippen LogP contribution in [-0.2, 0) is 13.2 Å². The van der Waals surface area contributed by atoms with Crippen LogP contribution in [0.5, 0.6) is 5.75 Å². The molecule has 106 valence electrons. The van der Waals surface area contributed by atoms with Crippen molar-refractivity contribution >= 4 is 0 Å². The van der Waals surface area contributed by atoms with Gasteiger partial charge in [-0.25, -0.2) is 4.39 Å². The van der Waals surface area contributed by atoms with E-state index in [0.717, 1.165) is 29.2 Å². The van der Waals surface area contributed by atoms with Crippen LogP contribution in [0.15, 0.2) is 36.4 Å². The van der Waals surface area contributed by atoms with Gasteiger partial charge in [-0.3, -0.25) is 4.98 Å². The molecule has 0 saturated carbocycles. The number of ether oxygens (including phenoxy) is 1. The normalized spacial score (nSPS) is 10.6. The third-order valence-corrected chi connectivity index (χ3v) is 2.92. The monoisotopic (exact) mass is 274 g/mol. The molecule has 1 N–H and O–H groups in total. The number of benzene rings is 1. The molecule has 1 aromatic heterocycles. The molecule has 1 aromatic carbocycles. The summed E-state index contributed by atoms with van der Waals surface area (Å²) in [5.74, 6) is 0.527. The molecule has 0 aliphatic rings. The van der Waals surface area contributed by atoms with Gasteiger partial charge in [0.2, 0.25) is 0 Å². The zero-order chi connectivity index (χ0) is 14.4. The molecule has 0 fully saturated rings. The first-order valence-electron chi connectivity index (χ1n) is 6.73. The van der Waals surface area contributed by atoms with Gasteiger partial charge in [0.05, 0.1) is 5.69 Å². The molecule has 1 heterocycles. The molecule has 0 aliphatic carbocycles. The lowest BCUT2D eigenvalue weighted by atomic mass is 10.2. The number of pyridine rings is 1. The lowest BCUT2D eigenvalue weighted by Crippen LogP contribution is -2.14. The minimum absolute atomic E-state index is 0.237. The molecule has 0 saturated heterocycles. The van der Waals surface area contributed by atoms with E-state index in [9.17, 15) is 4.39 Å². The molecule has 0 bridgehead atoms. The Morgan fingerprint density at radius 3 is 2.60 bits per heavy atom. The summed E-state index contributed by atoms with van der Waals surface area (Å²) in [6.45, 7) is 5.97. The van der Waals surface area contributed by atoms with Crippen LogP contribution in [0.2, 0.25) is 0 Å². The third-order valence-electron chi connectivity index (χ3n) is 2.92. The van der Waals surface area contributed by atoms with Gasteiger partial charge in [-0.15, -0.1) is 0 Å². The highest BCUT2D eigenvalue weighted by Crippen LogP contribution is 2.18. The summed E-state index contributed by atoms with van der Waals surface area (Å²) in [7, 11) is 0. The molecule has 0 amide bonds. The first-order valence-corrected chi connectivity index (χ1v) is 6.73. The van der Waals surface area contributed by atoms with Gasteiger partial charge in [-0.05, 0) is 43.3 Å². The van der Waals surface area contributed by atoms with Crippen molar-refractivity contribution in [3.05, 3.63) is 59.2 Å². The second-order valence-electron chi connectivity index (χ2n) is 4.59. The minimum atomic E-state index is -0.237. The standard InChI is InChI=1S/C16H19FN2O/c1-3-18-10-15-16(9-4-12(2)19-15)20-11-13-5-7-14(17)8-6-13/h4-9,18H,3,10-11H2,1-2H3. The predicted molar refractivity (Wildman–Crippen MR) is 77.1 cm³/mol. The molecule has 0 atom stereocenters. The Hall–Kier alpha value is -1.94. The van der Waals surface area contributed by atoms with Crippen molar-refractivity contribution in [2.24, 2.45) is 0 Å². The highest BCUT2D eigenvalue weighted by atomic mass is 19.1. The zero-order valence-electron chi connectivity index (χ0n) is 11.8. The summed E-state index contributed by atoms with van der Waals surface area (Å²) in [4.78, 5) is 4.49. The van der Waals surface area contributed by atoms with Gasteiger partial charge < -0.3 is 10.1 Å². The highest BCUT2D eigenvalue weighted by Gasteiger charge is 2.06. The van der Waals surface area contributed by atoms with Crippen LogP contribution in [-0.4, -0.2) is 11.5 Å². The molecule has 0 unspecified atom stereocenters. The maximum absolute atomic E-state index is 12.8. The van der Waals surface area contributed by atoms with Crippen LogP contribution in [0.3, 0.4) is 0 Å². The van der Waals surface area contributed by atoms with Crippen LogP contribution >= 0.6 is 0 Å². The number of hydrogen-bond donors (Lipinski definition) is 1. The molecule has 4 heteroatoms. The number of aromatic nitrogens is 1. The summed E-state index contributed by atoms with van der Waals surface area (Å²) >= 11 is 0.